The lowest BCUT2D eigenvalue weighted by atomic mass is 10.3. The van der Waals surface area contributed by atoms with Crippen LogP contribution in [-0.4, -0.2) is 15.0 Å². The van der Waals surface area contributed by atoms with E-state index in [9.17, 15) is 0 Å². The predicted octanol–water partition coefficient (Wildman–Crippen LogP) is 2.03. The summed E-state index contributed by atoms with van der Waals surface area (Å²) < 4.78 is 0. The van der Waals surface area contributed by atoms with E-state index in [0.29, 0.717) is 0 Å². The summed E-state index contributed by atoms with van der Waals surface area (Å²) in [5.41, 5.74) is 1.29. The third-order valence-corrected chi connectivity index (χ3v) is 3.56. The van der Waals surface area contributed by atoms with Crippen molar-refractivity contribution in [2.24, 2.45) is 0 Å². The molecule has 0 saturated heterocycles. The van der Waals surface area contributed by atoms with Crippen LogP contribution in [0.1, 0.15) is 35.3 Å². The minimum Gasteiger partial charge on any atom is -0.348 e. The largest absolute Gasteiger partial charge is 0.348 e. The summed E-state index contributed by atoms with van der Waals surface area (Å²) >= 11 is 1.75. The van der Waals surface area contributed by atoms with Crippen LogP contribution < -0.4 is 5.32 Å². The van der Waals surface area contributed by atoms with Gasteiger partial charge in [0.25, 0.3) is 0 Å². The van der Waals surface area contributed by atoms with Gasteiger partial charge in [-0.2, -0.15) is 0 Å². The molecule has 1 saturated carbocycles. The number of imidazole rings is 1. The van der Waals surface area contributed by atoms with Gasteiger partial charge in [-0.15, -0.1) is 11.3 Å². The average molecular weight is 234 g/mol. The van der Waals surface area contributed by atoms with Crippen LogP contribution >= 0.6 is 11.3 Å². The maximum atomic E-state index is 4.62. The SMILES string of the molecule is c1c[nH]c(CNCc2nc(C3CC3)cs2)n1. The minimum atomic E-state index is 0.759. The zero-order valence-electron chi connectivity index (χ0n) is 8.94. The number of hydrogen-bond acceptors (Lipinski definition) is 4. The Morgan fingerprint density at radius 1 is 1.44 bits per heavy atom. The van der Waals surface area contributed by atoms with Crippen molar-refractivity contribution in [2.45, 2.75) is 31.8 Å². The van der Waals surface area contributed by atoms with Crippen LogP contribution in [0.5, 0.6) is 0 Å². The van der Waals surface area contributed by atoms with Gasteiger partial charge in [0.05, 0.1) is 12.2 Å². The van der Waals surface area contributed by atoms with Crippen molar-refractivity contribution in [3.05, 3.63) is 34.3 Å². The number of aromatic amines is 1. The maximum absolute atomic E-state index is 4.62. The Morgan fingerprint density at radius 3 is 3.12 bits per heavy atom. The molecule has 2 aromatic heterocycles. The Kier molecular flexibility index (Phi) is 2.71. The lowest BCUT2D eigenvalue weighted by molar-refractivity contribution is 0.664. The Labute approximate surface area is 98.1 Å². The van der Waals surface area contributed by atoms with E-state index in [4.69, 9.17) is 0 Å². The molecule has 1 aliphatic rings. The zero-order valence-corrected chi connectivity index (χ0v) is 9.76. The standard InChI is InChI=1S/C11H14N4S/c1-2-8(1)9-7-16-11(15-9)6-12-5-10-13-3-4-14-10/h3-4,7-8,12H,1-2,5-6H2,(H,13,14). The van der Waals surface area contributed by atoms with Gasteiger partial charge >= 0.3 is 0 Å². The molecule has 1 fully saturated rings. The number of nitrogens with one attached hydrogen (secondary N) is 2. The van der Waals surface area contributed by atoms with Gasteiger partial charge < -0.3 is 10.3 Å². The summed E-state index contributed by atoms with van der Waals surface area (Å²) in [6, 6.07) is 0. The molecule has 0 aromatic carbocycles. The quantitative estimate of drug-likeness (QED) is 0.832. The summed E-state index contributed by atoms with van der Waals surface area (Å²) in [5.74, 6) is 1.73. The molecule has 2 aromatic rings. The van der Waals surface area contributed by atoms with Crippen molar-refractivity contribution in [2.75, 3.05) is 0 Å². The van der Waals surface area contributed by atoms with Crippen LogP contribution in [0.3, 0.4) is 0 Å². The minimum absolute atomic E-state index is 0.759. The van der Waals surface area contributed by atoms with Gasteiger partial charge in [-0.05, 0) is 12.8 Å². The molecule has 0 spiro atoms. The van der Waals surface area contributed by atoms with Crippen LogP contribution in [0, 0.1) is 0 Å². The highest BCUT2D eigenvalue weighted by Crippen LogP contribution is 2.40. The lowest BCUT2D eigenvalue weighted by Gasteiger charge is -1.98. The monoisotopic (exact) mass is 234 g/mol. The van der Waals surface area contributed by atoms with Gasteiger partial charge in [0.15, 0.2) is 0 Å². The second-order valence-electron chi connectivity index (χ2n) is 4.08. The van der Waals surface area contributed by atoms with Gasteiger partial charge in [-0.25, -0.2) is 9.97 Å². The Bertz CT molecular complexity index is 444. The normalized spacial score (nSPS) is 15.5. The summed E-state index contributed by atoms with van der Waals surface area (Å²) in [6.45, 7) is 1.60. The van der Waals surface area contributed by atoms with E-state index < -0.39 is 0 Å². The number of hydrogen-bond donors (Lipinski definition) is 2. The highest BCUT2D eigenvalue weighted by molar-refractivity contribution is 7.09. The van der Waals surface area contributed by atoms with E-state index in [1.165, 1.54) is 23.5 Å². The molecule has 2 heterocycles. The number of H-pyrrole nitrogens is 1. The summed E-state index contributed by atoms with van der Waals surface area (Å²) in [5, 5.41) is 6.70. The van der Waals surface area contributed by atoms with E-state index in [2.05, 4.69) is 25.6 Å². The fourth-order valence-electron chi connectivity index (χ4n) is 1.66. The van der Waals surface area contributed by atoms with E-state index in [1.807, 2.05) is 6.20 Å². The number of rotatable bonds is 5. The van der Waals surface area contributed by atoms with Gasteiger partial charge in [-0.1, -0.05) is 0 Å². The van der Waals surface area contributed by atoms with E-state index in [-0.39, 0.29) is 0 Å². The van der Waals surface area contributed by atoms with Gasteiger partial charge in [-0.3, -0.25) is 0 Å². The van der Waals surface area contributed by atoms with Gasteiger partial charge in [0, 0.05) is 30.2 Å². The second-order valence-corrected chi connectivity index (χ2v) is 5.02. The Morgan fingerprint density at radius 2 is 2.38 bits per heavy atom. The molecule has 0 aliphatic heterocycles. The lowest BCUT2D eigenvalue weighted by Crippen LogP contribution is -2.13. The molecular weight excluding hydrogens is 220 g/mol. The first-order valence-electron chi connectivity index (χ1n) is 5.55. The molecular formula is C11H14N4S. The van der Waals surface area contributed by atoms with Crippen molar-refractivity contribution in [1.82, 2.24) is 20.3 Å². The van der Waals surface area contributed by atoms with Crippen molar-refractivity contribution in [1.29, 1.82) is 0 Å². The Hall–Kier alpha value is -1.20. The zero-order chi connectivity index (χ0) is 10.8. The maximum Gasteiger partial charge on any atom is 0.120 e. The molecule has 0 amide bonds. The molecule has 16 heavy (non-hydrogen) atoms. The van der Waals surface area contributed by atoms with Crippen molar-refractivity contribution < 1.29 is 0 Å². The highest BCUT2D eigenvalue weighted by atomic mass is 32.1. The van der Waals surface area contributed by atoms with E-state index in [0.717, 1.165) is 24.8 Å². The summed E-state index contributed by atoms with van der Waals surface area (Å²) in [6.07, 6.45) is 6.25. The Balaban J connectivity index is 1.50. The summed E-state index contributed by atoms with van der Waals surface area (Å²) in [4.78, 5) is 11.8. The van der Waals surface area contributed by atoms with E-state index in [1.54, 1.807) is 17.5 Å². The van der Waals surface area contributed by atoms with E-state index >= 15 is 0 Å². The second kappa shape index (κ2) is 4.35. The number of thiazole rings is 1. The summed E-state index contributed by atoms with van der Waals surface area (Å²) in [7, 11) is 0. The third kappa shape index (κ3) is 2.31. The molecule has 2 N–H and O–H groups in total. The van der Waals surface area contributed by atoms with Crippen LogP contribution in [0.4, 0.5) is 0 Å². The first-order valence-corrected chi connectivity index (χ1v) is 6.43. The van der Waals surface area contributed by atoms with Gasteiger partial charge in [0.1, 0.15) is 10.8 Å². The number of nitrogens with zero attached hydrogens (tertiary/aromatic N) is 2. The molecule has 84 valence electrons. The van der Waals surface area contributed by atoms with Crippen LogP contribution in [0.25, 0.3) is 0 Å². The average Bonchev–Trinajstić information content (AvgIpc) is 2.83. The first-order chi connectivity index (χ1) is 7.92. The predicted molar refractivity (Wildman–Crippen MR) is 63.2 cm³/mol. The van der Waals surface area contributed by atoms with Crippen LogP contribution in [-0.2, 0) is 13.1 Å². The highest BCUT2D eigenvalue weighted by Gasteiger charge is 2.25. The topological polar surface area (TPSA) is 53.6 Å². The molecule has 0 bridgehead atoms. The molecule has 4 nitrogen and oxygen atoms in total. The van der Waals surface area contributed by atoms with Crippen molar-refractivity contribution in [3.8, 4) is 0 Å². The molecule has 1 aliphatic carbocycles. The molecule has 3 rings (SSSR count). The fourth-order valence-corrected chi connectivity index (χ4v) is 2.50. The van der Waals surface area contributed by atoms with Crippen molar-refractivity contribution in [3.63, 3.8) is 0 Å². The smallest absolute Gasteiger partial charge is 0.120 e. The fraction of sp³-hybridized carbons (Fsp3) is 0.455. The van der Waals surface area contributed by atoms with Gasteiger partial charge in [0.2, 0.25) is 0 Å². The number of aromatic nitrogens is 3. The molecule has 0 unspecified atom stereocenters. The molecule has 5 heteroatoms. The third-order valence-electron chi connectivity index (χ3n) is 2.69. The van der Waals surface area contributed by atoms with Crippen LogP contribution in [0.15, 0.2) is 17.8 Å². The van der Waals surface area contributed by atoms with Crippen molar-refractivity contribution >= 4 is 11.3 Å². The first kappa shape index (κ1) is 9.99. The van der Waals surface area contributed by atoms with Crippen LogP contribution in [0.2, 0.25) is 0 Å². The molecule has 0 atom stereocenters. The molecule has 0 radical (unpaired) electrons.